The molecule has 0 aromatic rings. The van der Waals surface area contributed by atoms with E-state index in [1.165, 1.54) is 11.0 Å². The van der Waals surface area contributed by atoms with Crippen LogP contribution in [0.15, 0.2) is 24.8 Å². The molecule has 0 aliphatic heterocycles. The fourth-order valence-corrected chi connectivity index (χ4v) is 0.382. The van der Waals surface area contributed by atoms with E-state index in [2.05, 4.69) is 13.2 Å². The van der Waals surface area contributed by atoms with Gasteiger partial charge in [0, 0.05) is 25.7 Å². The zero-order chi connectivity index (χ0) is 10.1. The van der Waals surface area contributed by atoms with E-state index in [0.29, 0.717) is 5.57 Å². The van der Waals surface area contributed by atoms with E-state index >= 15 is 0 Å². The molecule has 0 rings (SSSR count). The van der Waals surface area contributed by atoms with Crippen LogP contribution in [0, 0.1) is 11.3 Å². The highest BCUT2D eigenvalue weighted by molar-refractivity contribution is 5.91. The molecule has 0 heterocycles. The van der Waals surface area contributed by atoms with Gasteiger partial charge in [0.1, 0.15) is 0 Å². The maximum absolute atomic E-state index is 10.7. The number of likely N-dealkylation sites (N-methyl/N-ethyl adjacent to an activating group) is 1. The molecule has 0 saturated heterocycles. The van der Waals surface area contributed by atoms with Gasteiger partial charge in [-0.3, -0.25) is 4.79 Å². The number of amides is 1. The lowest BCUT2D eigenvalue weighted by molar-refractivity contribution is -0.124. The second-order valence-corrected chi connectivity index (χ2v) is 2.31. The second-order valence-electron chi connectivity index (χ2n) is 2.31. The lowest BCUT2D eigenvalue weighted by Gasteiger charge is -2.07. The van der Waals surface area contributed by atoms with E-state index in [1.54, 1.807) is 27.1 Å². The zero-order valence-corrected chi connectivity index (χ0v) is 7.79. The van der Waals surface area contributed by atoms with Gasteiger partial charge in [-0.05, 0) is 6.92 Å². The standard InChI is InChI=1S/C6H11NO.C3H3N/c1-5(2)6(8)7(3)4;1-2-3-4/h1H2,2-4H3;2H,1H2. The van der Waals surface area contributed by atoms with Gasteiger partial charge in [-0.15, -0.1) is 0 Å². The van der Waals surface area contributed by atoms with Crippen LogP contribution in [-0.2, 0) is 4.79 Å². The molecule has 0 saturated carbocycles. The van der Waals surface area contributed by atoms with Gasteiger partial charge in [0.2, 0.25) is 5.91 Å². The first kappa shape index (κ1) is 13.1. The van der Waals surface area contributed by atoms with Crippen molar-refractivity contribution in [1.82, 2.24) is 4.90 Å². The summed E-state index contributed by atoms with van der Waals surface area (Å²) in [5.74, 6) is -0.00926. The molecular formula is C9H14N2O. The van der Waals surface area contributed by atoms with Crippen molar-refractivity contribution in [2.45, 2.75) is 6.92 Å². The molecule has 0 aromatic heterocycles. The number of nitrogens with zero attached hydrogens (tertiary/aromatic N) is 2. The Hall–Kier alpha value is -1.56. The lowest BCUT2D eigenvalue weighted by Crippen LogP contribution is -2.21. The highest BCUT2D eigenvalue weighted by Gasteiger charge is 2.01. The minimum atomic E-state index is -0.00926. The summed E-state index contributed by atoms with van der Waals surface area (Å²) in [6.07, 6.45) is 1.18. The monoisotopic (exact) mass is 166 g/mol. The van der Waals surface area contributed by atoms with Gasteiger partial charge in [0.15, 0.2) is 0 Å². The summed E-state index contributed by atoms with van der Waals surface area (Å²) < 4.78 is 0. The fourth-order valence-electron chi connectivity index (χ4n) is 0.382. The first-order valence-corrected chi connectivity index (χ1v) is 3.35. The molecular weight excluding hydrogens is 152 g/mol. The third-order valence-corrected chi connectivity index (χ3v) is 0.863. The molecule has 0 aliphatic carbocycles. The third-order valence-electron chi connectivity index (χ3n) is 0.863. The number of hydrogen-bond acceptors (Lipinski definition) is 2. The van der Waals surface area contributed by atoms with Gasteiger partial charge < -0.3 is 4.90 Å². The average molecular weight is 166 g/mol. The van der Waals surface area contributed by atoms with Crippen molar-refractivity contribution in [3.05, 3.63) is 24.8 Å². The maximum Gasteiger partial charge on any atom is 0.248 e. The van der Waals surface area contributed by atoms with Crippen molar-refractivity contribution in [3.63, 3.8) is 0 Å². The van der Waals surface area contributed by atoms with Crippen LogP contribution < -0.4 is 0 Å². The molecule has 66 valence electrons. The van der Waals surface area contributed by atoms with E-state index in [0.717, 1.165) is 0 Å². The van der Waals surface area contributed by atoms with Crippen LogP contribution in [0.3, 0.4) is 0 Å². The van der Waals surface area contributed by atoms with Crippen LogP contribution in [0.25, 0.3) is 0 Å². The summed E-state index contributed by atoms with van der Waals surface area (Å²) >= 11 is 0. The van der Waals surface area contributed by atoms with Crippen LogP contribution in [0.5, 0.6) is 0 Å². The number of carbonyl (C=O) groups excluding carboxylic acids is 1. The topological polar surface area (TPSA) is 44.1 Å². The Morgan fingerprint density at radius 3 is 1.92 bits per heavy atom. The first-order chi connectivity index (χ1) is 5.47. The lowest BCUT2D eigenvalue weighted by atomic mass is 10.3. The molecule has 0 aromatic carbocycles. The van der Waals surface area contributed by atoms with Crippen molar-refractivity contribution >= 4 is 5.91 Å². The molecule has 0 bridgehead atoms. The number of carbonyl (C=O) groups is 1. The van der Waals surface area contributed by atoms with E-state index in [-0.39, 0.29) is 5.91 Å². The number of allylic oxidation sites excluding steroid dienone is 1. The molecule has 0 unspecified atom stereocenters. The average Bonchev–Trinajstić information content (AvgIpc) is 2.03. The van der Waals surface area contributed by atoms with Gasteiger partial charge in [-0.2, -0.15) is 5.26 Å². The molecule has 0 spiro atoms. The zero-order valence-electron chi connectivity index (χ0n) is 7.79. The Morgan fingerprint density at radius 2 is 1.92 bits per heavy atom. The summed E-state index contributed by atoms with van der Waals surface area (Å²) in [6, 6.07) is 1.69. The molecule has 3 heteroatoms. The smallest absolute Gasteiger partial charge is 0.248 e. The van der Waals surface area contributed by atoms with Crippen molar-refractivity contribution in [3.8, 4) is 6.07 Å². The van der Waals surface area contributed by atoms with Gasteiger partial charge in [-0.1, -0.05) is 13.2 Å². The quantitative estimate of drug-likeness (QED) is 0.436. The highest BCUT2D eigenvalue weighted by Crippen LogP contribution is 1.90. The Balaban J connectivity index is 0. The van der Waals surface area contributed by atoms with Crippen LogP contribution in [-0.4, -0.2) is 24.9 Å². The molecule has 12 heavy (non-hydrogen) atoms. The molecule has 1 amide bonds. The van der Waals surface area contributed by atoms with Gasteiger partial charge >= 0.3 is 0 Å². The number of nitriles is 1. The predicted octanol–water partition coefficient (Wildman–Crippen LogP) is 1.35. The summed E-state index contributed by atoms with van der Waals surface area (Å²) in [7, 11) is 3.41. The number of hydrogen-bond donors (Lipinski definition) is 0. The van der Waals surface area contributed by atoms with E-state index < -0.39 is 0 Å². The van der Waals surface area contributed by atoms with Crippen LogP contribution in [0.2, 0.25) is 0 Å². The third kappa shape index (κ3) is 8.44. The van der Waals surface area contributed by atoms with Gasteiger partial charge in [0.05, 0.1) is 6.07 Å². The van der Waals surface area contributed by atoms with Gasteiger partial charge in [0.25, 0.3) is 0 Å². The van der Waals surface area contributed by atoms with Crippen molar-refractivity contribution in [2.24, 2.45) is 0 Å². The second kappa shape index (κ2) is 7.55. The van der Waals surface area contributed by atoms with E-state index in [9.17, 15) is 4.79 Å². The van der Waals surface area contributed by atoms with Gasteiger partial charge in [-0.25, -0.2) is 0 Å². The minimum Gasteiger partial charge on any atom is -0.345 e. The molecule has 0 N–H and O–H groups in total. The largest absolute Gasteiger partial charge is 0.345 e. The van der Waals surface area contributed by atoms with Crippen LogP contribution >= 0.6 is 0 Å². The number of rotatable bonds is 1. The van der Waals surface area contributed by atoms with E-state index in [4.69, 9.17) is 5.26 Å². The Morgan fingerprint density at radius 1 is 1.58 bits per heavy atom. The summed E-state index contributed by atoms with van der Waals surface area (Å²) in [5, 5.41) is 7.51. The van der Waals surface area contributed by atoms with Crippen LogP contribution in [0.1, 0.15) is 6.92 Å². The van der Waals surface area contributed by atoms with Crippen molar-refractivity contribution in [1.29, 1.82) is 5.26 Å². The molecule has 0 aliphatic rings. The summed E-state index contributed by atoms with van der Waals surface area (Å²) in [5.41, 5.74) is 0.579. The first-order valence-electron chi connectivity index (χ1n) is 3.35. The molecule has 0 fully saturated rings. The Kier molecular flexibility index (Phi) is 8.21. The minimum absolute atomic E-state index is 0.00926. The normalized spacial score (nSPS) is 6.83. The summed E-state index contributed by atoms with van der Waals surface area (Å²) in [6.45, 7) is 8.30. The van der Waals surface area contributed by atoms with Crippen LogP contribution in [0.4, 0.5) is 0 Å². The molecule has 3 nitrogen and oxygen atoms in total. The predicted molar refractivity (Wildman–Crippen MR) is 49.3 cm³/mol. The summed E-state index contributed by atoms with van der Waals surface area (Å²) in [4.78, 5) is 12.2. The highest BCUT2D eigenvalue weighted by atomic mass is 16.2. The SMILES string of the molecule is C=C(C)C(=O)N(C)C.C=CC#N. The Bertz CT molecular complexity index is 211. The van der Waals surface area contributed by atoms with Crippen molar-refractivity contribution < 1.29 is 4.79 Å². The Labute approximate surface area is 73.6 Å². The van der Waals surface area contributed by atoms with Crippen molar-refractivity contribution in [2.75, 3.05) is 14.1 Å². The van der Waals surface area contributed by atoms with E-state index in [1.807, 2.05) is 0 Å². The molecule has 0 atom stereocenters. The fraction of sp³-hybridized carbons (Fsp3) is 0.333. The molecule has 0 radical (unpaired) electrons. The maximum atomic E-state index is 10.7.